The molecule has 0 unspecified atom stereocenters. The first-order chi connectivity index (χ1) is 8.02. The Morgan fingerprint density at radius 2 is 1.82 bits per heavy atom. The predicted octanol–water partition coefficient (Wildman–Crippen LogP) is 3.79. The van der Waals surface area contributed by atoms with E-state index in [0.29, 0.717) is 12.8 Å². The van der Waals surface area contributed by atoms with E-state index in [1.54, 1.807) is 6.92 Å². The predicted molar refractivity (Wildman–Crippen MR) is 64.8 cm³/mol. The average Bonchev–Trinajstić information content (AvgIpc) is 2.35. The standard InChI is InChI=1S/C14H18F2O/c1-10(11(2)14(15)16)13(17)9-8-12-6-4-3-5-7-12/h3-7,10,13,17H,8-9H2,1-2H3/t10-,13+/m1/s1. The van der Waals surface area contributed by atoms with Crippen LogP contribution in [-0.2, 0) is 6.42 Å². The minimum atomic E-state index is -1.68. The second-order valence-electron chi connectivity index (χ2n) is 4.32. The Bertz CT molecular complexity index is 369. The molecule has 0 heterocycles. The molecule has 1 aromatic carbocycles. The van der Waals surface area contributed by atoms with E-state index in [4.69, 9.17) is 0 Å². The van der Waals surface area contributed by atoms with Crippen LogP contribution in [0.25, 0.3) is 0 Å². The monoisotopic (exact) mass is 240 g/mol. The third kappa shape index (κ3) is 4.27. The normalized spacial score (nSPS) is 14.2. The van der Waals surface area contributed by atoms with Gasteiger partial charge in [-0.3, -0.25) is 0 Å². The second kappa shape index (κ2) is 6.50. The number of aryl methyl sites for hydroxylation is 1. The summed E-state index contributed by atoms with van der Waals surface area (Å²) >= 11 is 0. The Morgan fingerprint density at radius 3 is 2.35 bits per heavy atom. The molecule has 0 spiro atoms. The van der Waals surface area contributed by atoms with Gasteiger partial charge in [0.2, 0.25) is 0 Å². The van der Waals surface area contributed by atoms with Crippen molar-refractivity contribution in [1.82, 2.24) is 0 Å². The lowest BCUT2D eigenvalue weighted by atomic mass is 9.93. The summed E-state index contributed by atoms with van der Waals surface area (Å²) in [6.45, 7) is 3.00. The second-order valence-corrected chi connectivity index (χ2v) is 4.32. The number of benzene rings is 1. The molecule has 0 aromatic heterocycles. The summed E-state index contributed by atoms with van der Waals surface area (Å²) in [5.41, 5.74) is 1.09. The number of hydrogen-bond acceptors (Lipinski definition) is 1. The van der Waals surface area contributed by atoms with Gasteiger partial charge >= 0.3 is 0 Å². The molecule has 1 rings (SSSR count). The van der Waals surface area contributed by atoms with Crippen LogP contribution in [0.2, 0.25) is 0 Å². The molecule has 3 heteroatoms. The highest BCUT2D eigenvalue weighted by molar-refractivity contribution is 5.15. The van der Waals surface area contributed by atoms with Gasteiger partial charge in [-0.25, -0.2) is 0 Å². The Morgan fingerprint density at radius 1 is 1.24 bits per heavy atom. The van der Waals surface area contributed by atoms with Crippen molar-refractivity contribution in [2.45, 2.75) is 32.8 Å². The number of halogens is 2. The maximum absolute atomic E-state index is 12.4. The maximum atomic E-state index is 12.4. The lowest BCUT2D eigenvalue weighted by molar-refractivity contribution is 0.120. The molecule has 0 saturated heterocycles. The van der Waals surface area contributed by atoms with Crippen molar-refractivity contribution < 1.29 is 13.9 Å². The molecule has 1 aromatic rings. The van der Waals surface area contributed by atoms with E-state index in [1.165, 1.54) is 6.92 Å². The maximum Gasteiger partial charge on any atom is 0.269 e. The van der Waals surface area contributed by atoms with Gasteiger partial charge in [-0.1, -0.05) is 37.3 Å². The average molecular weight is 240 g/mol. The Labute approximate surface area is 101 Å². The molecule has 17 heavy (non-hydrogen) atoms. The number of aliphatic hydroxyl groups is 1. The van der Waals surface area contributed by atoms with Crippen LogP contribution in [0.1, 0.15) is 25.8 Å². The zero-order valence-corrected chi connectivity index (χ0v) is 10.2. The molecule has 2 atom stereocenters. The molecular formula is C14H18F2O. The van der Waals surface area contributed by atoms with Gasteiger partial charge in [-0.15, -0.1) is 0 Å². The van der Waals surface area contributed by atoms with Gasteiger partial charge in [0.1, 0.15) is 0 Å². The molecule has 0 aliphatic carbocycles. The van der Waals surface area contributed by atoms with Gasteiger partial charge in [0, 0.05) is 5.92 Å². The van der Waals surface area contributed by atoms with Crippen molar-refractivity contribution in [3.05, 3.63) is 47.5 Å². The van der Waals surface area contributed by atoms with Gasteiger partial charge in [0.15, 0.2) is 0 Å². The van der Waals surface area contributed by atoms with Crippen molar-refractivity contribution in [2.75, 3.05) is 0 Å². The van der Waals surface area contributed by atoms with Crippen molar-refractivity contribution in [2.24, 2.45) is 5.92 Å². The van der Waals surface area contributed by atoms with Gasteiger partial charge in [0.05, 0.1) is 6.10 Å². The molecule has 0 bridgehead atoms. The van der Waals surface area contributed by atoms with Crippen molar-refractivity contribution in [3.8, 4) is 0 Å². The molecule has 94 valence electrons. The van der Waals surface area contributed by atoms with Crippen LogP contribution in [0.15, 0.2) is 42.0 Å². The van der Waals surface area contributed by atoms with E-state index in [9.17, 15) is 13.9 Å². The zero-order valence-electron chi connectivity index (χ0n) is 10.2. The van der Waals surface area contributed by atoms with Crippen LogP contribution in [-0.4, -0.2) is 11.2 Å². The number of aliphatic hydroxyl groups excluding tert-OH is 1. The molecule has 1 nitrogen and oxygen atoms in total. The van der Waals surface area contributed by atoms with Crippen LogP contribution in [0.5, 0.6) is 0 Å². The minimum Gasteiger partial charge on any atom is -0.393 e. The summed E-state index contributed by atoms with van der Waals surface area (Å²) in [6, 6.07) is 9.72. The molecule has 0 aliphatic rings. The Balaban J connectivity index is 2.50. The third-order valence-electron chi connectivity index (χ3n) is 3.13. The lowest BCUT2D eigenvalue weighted by Gasteiger charge is -2.18. The summed E-state index contributed by atoms with van der Waals surface area (Å²) < 4.78 is 24.7. The summed E-state index contributed by atoms with van der Waals surface area (Å²) in [4.78, 5) is 0. The van der Waals surface area contributed by atoms with E-state index < -0.39 is 18.1 Å². The van der Waals surface area contributed by atoms with Crippen LogP contribution in [0.4, 0.5) is 8.78 Å². The number of rotatable bonds is 5. The smallest absolute Gasteiger partial charge is 0.269 e. The molecule has 0 radical (unpaired) electrons. The zero-order chi connectivity index (χ0) is 12.8. The fourth-order valence-electron chi connectivity index (χ4n) is 1.67. The Kier molecular flexibility index (Phi) is 5.29. The van der Waals surface area contributed by atoms with Crippen LogP contribution < -0.4 is 0 Å². The summed E-state index contributed by atoms with van der Waals surface area (Å²) in [5.74, 6) is -0.497. The van der Waals surface area contributed by atoms with E-state index in [2.05, 4.69) is 0 Å². The topological polar surface area (TPSA) is 20.2 Å². The van der Waals surface area contributed by atoms with Gasteiger partial charge in [0.25, 0.3) is 6.08 Å². The molecular weight excluding hydrogens is 222 g/mol. The molecule has 1 N–H and O–H groups in total. The first-order valence-corrected chi connectivity index (χ1v) is 5.76. The first-order valence-electron chi connectivity index (χ1n) is 5.76. The summed E-state index contributed by atoms with van der Waals surface area (Å²) in [5, 5.41) is 9.83. The minimum absolute atomic E-state index is 0.0226. The van der Waals surface area contributed by atoms with E-state index in [0.717, 1.165) is 5.56 Å². The van der Waals surface area contributed by atoms with Crippen LogP contribution in [0.3, 0.4) is 0 Å². The number of hydrogen-bond donors (Lipinski definition) is 1. The molecule has 0 fully saturated rings. The summed E-state index contributed by atoms with van der Waals surface area (Å²) in [7, 11) is 0. The van der Waals surface area contributed by atoms with E-state index in [1.807, 2.05) is 30.3 Å². The molecule has 0 amide bonds. The van der Waals surface area contributed by atoms with Crippen molar-refractivity contribution in [3.63, 3.8) is 0 Å². The highest BCUT2D eigenvalue weighted by atomic mass is 19.3. The van der Waals surface area contributed by atoms with E-state index >= 15 is 0 Å². The SMILES string of the molecule is CC(=C(F)F)[C@@H](C)[C@@H](O)CCc1ccccc1. The third-order valence-corrected chi connectivity index (χ3v) is 3.13. The Hall–Kier alpha value is -1.22. The largest absolute Gasteiger partial charge is 0.393 e. The fourth-order valence-corrected chi connectivity index (χ4v) is 1.67. The molecule has 0 aliphatic heterocycles. The van der Waals surface area contributed by atoms with Gasteiger partial charge < -0.3 is 5.11 Å². The van der Waals surface area contributed by atoms with Crippen LogP contribution in [0, 0.1) is 5.92 Å². The lowest BCUT2D eigenvalue weighted by Crippen LogP contribution is -2.19. The fraction of sp³-hybridized carbons (Fsp3) is 0.429. The quantitative estimate of drug-likeness (QED) is 0.830. The van der Waals surface area contributed by atoms with Crippen molar-refractivity contribution in [1.29, 1.82) is 0 Å². The van der Waals surface area contributed by atoms with Crippen LogP contribution >= 0.6 is 0 Å². The highest BCUT2D eigenvalue weighted by Gasteiger charge is 2.18. The summed E-state index contributed by atoms with van der Waals surface area (Å²) in [6.07, 6.45) is -1.21. The van der Waals surface area contributed by atoms with Crippen molar-refractivity contribution >= 4 is 0 Å². The van der Waals surface area contributed by atoms with Gasteiger partial charge in [-0.05, 0) is 30.9 Å². The highest BCUT2D eigenvalue weighted by Crippen LogP contribution is 2.22. The van der Waals surface area contributed by atoms with Gasteiger partial charge in [-0.2, -0.15) is 8.78 Å². The van der Waals surface area contributed by atoms with E-state index in [-0.39, 0.29) is 5.57 Å². The molecule has 0 saturated carbocycles. The first kappa shape index (κ1) is 13.8.